The molecule has 0 bridgehead atoms. The Bertz CT molecular complexity index is 640. The van der Waals surface area contributed by atoms with E-state index in [1.165, 1.54) is 0 Å². The van der Waals surface area contributed by atoms with Crippen molar-refractivity contribution < 1.29 is 4.74 Å². The van der Waals surface area contributed by atoms with Gasteiger partial charge in [0.15, 0.2) is 0 Å². The van der Waals surface area contributed by atoms with Crippen molar-refractivity contribution in [1.82, 2.24) is 9.97 Å². The second kappa shape index (κ2) is 6.17. The van der Waals surface area contributed by atoms with Gasteiger partial charge in [0.25, 0.3) is 0 Å². The van der Waals surface area contributed by atoms with E-state index in [0.29, 0.717) is 9.66 Å². The lowest BCUT2D eigenvalue weighted by Gasteiger charge is -2.10. The third kappa shape index (κ3) is 3.33. The van der Waals surface area contributed by atoms with E-state index >= 15 is 0 Å². The molecule has 100 valence electrons. The zero-order valence-electron chi connectivity index (χ0n) is 10.9. The van der Waals surface area contributed by atoms with Crippen LogP contribution in [0.3, 0.4) is 0 Å². The number of benzene rings is 1. The Morgan fingerprint density at radius 2 is 2.16 bits per heavy atom. The summed E-state index contributed by atoms with van der Waals surface area (Å²) in [5.41, 5.74) is 1.77. The van der Waals surface area contributed by atoms with Gasteiger partial charge in [0.2, 0.25) is 0 Å². The molecule has 0 fully saturated rings. The zero-order chi connectivity index (χ0) is 13.8. The number of H-pyrrole nitrogens is 1. The van der Waals surface area contributed by atoms with Crippen molar-refractivity contribution in [2.45, 2.75) is 19.8 Å². The van der Waals surface area contributed by atoms with Crippen molar-refractivity contribution in [2.24, 2.45) is 0 Å². The van der Waals surface area contributed by atoms with Crippen LogP contribution in [0.2, 0.25) is 5.02 Å². The summed E-state index contributed by atoms with van der Waals surface area (Å²) in [6, 6.07) is 7.32. The minimum atomic E-state index is 0.569. The monoisotopic (exact) mass is 294 g/mol. The third-order valence-corrected chi connectivity index (χ3v) is 3.17. The number of aryl methyl sites for hydroxylation is 1. The number of methoxy groups -OCH3 is 1. The maximum absolute atomic E-state index is 6.05. The van der Waals surface area contributed by atoms with Gasteiger partial charge < -0.3 is 9.72 Å². The number of nitrogens with zero attached hydrogens (tertiary/aromatic N) is 1. The van der Waals surface area contributed by atoms with Crippen LogP contribution in [-0.2, 0) is 6.42 Å². The van der Waals surface area contributed by atoms with Gasteiger partial charge in [-0.15, -0.1) is 0 Å². The third-order valence-electron chi connectivity index (χ3n) is 2.73. The first-order valence-corrected chi connectivity index (χ1v) is 6.86. The molecule has 2 rings (SSSR count). The largest absolute Gasteiger partial charge is 0.496 e. The minimum Gasteiger partial charge on any atom is -0.496 e. The molecule has 0 aliphatic carbocycles. The first kappa shape index (κ1) is 14.0. The van der Waals surface area contributed by atoms with Crippen LogP contribution in [0.5, 0.6) is 5.75 Å². The van der Waals surface area contributed by atoms with Crippen LogP contribution in [0.15, 0.2) is 24.3 Å². The van der Waals surface area contributed by atoms with Gasteiger partial charge in [-0.2, -0.15) is 0 Å². The Kier molecular flexibility index (Phi) is 4.56. The van der Waals surface area contributed by atoms with Gasteiger partial charge in [0.05, 0.1) is 12.8 Å². The first-order valence-electron chi connectivity index (χ1n) is 6.08. The summed E-state index contributed by atoms with van der Waals surface area (Å²) < 4.78 is 5.93. The van der Waals surface area contributed by atoms with Crippen molar-refractivity contribution in [1.29, 1.82) is 0 Å². The standard InChI is InChI=1S/C14H15ClN2OS/c1-3-4-13-16-11(8-14(19)17-13)10-7-9(15)5-6-12(10)18-2/h5-8H,3-4H2,1-2H3,(H,16,17,19). The summed E-state index contributed by atoms with van der Waals surface area (Å²) >= 11 is 11.3. The molecule has 0 unspecified atom stereocenters. The quantitative estimate of drug-likeness (QED) is 0.848. The lowest BCUT2D eigenvalue weighted by atomic mass is 10.1. The number of halogens is 1. The molecular weight excluding hydrogens is 280 g/mol. The highest BCUT2D eigenvalue weighted by atomic mass is 35.5. The number of nitrogens with one attached hydrogen (secondary N) is 1. The van der Waals surface area contributed by atoms with E-state index in [1.807, 2.05) is 18.2 Å². The number of hydrogen-bond acceptors (Lipinski definition) is 3. The number of aromatic nitrogens is 2. The zero-order valence-corrected chi connectivity index (χ0v) is 12.4. The summed E-state index contributed by atoms with van der Waals surface area (Å²) in [6.07, 6.45) is 1.87. The maximum Gasteiger partial charge on any atom is 0.130 e. The van der Waals surface area contributed by atoms with E-state index in [0.717, 1.165) is 35.7 Å². The Morgan fingerprint density at radius 1 is 1.37 bits per heavy atom. The summed E-state index contributed by atoms with van der Waals surface area (Å²) in [7, 11) is 1.63. The van der Waals surface area contributed by atoms with E-state index in [2.05, 4.69) is 16.9 Å². The van der Waals surface area contributed by atoms with E-state index in [-0.39, 0.29) is 0 Å². The number of aromatic amines is 1. The highest BCUT2D eigenvalue weighted by Gasteiger charge is 2.08. The van der Waals surface area contributed by atoms with Crippen LogP contribution in [0.4, 0.5) is 0 Å². The molecule has 2 aromatic rings. The molecule has 1 heterocycles. The summed E-state index contributed by atoms with van der Waals surface area (Å²) in [5.74, 6) is 1.63. The molecule has 1 aromatic carbocycles. The van der Waals surface area contributed by atoms with Crippen LogP contribution in [0.1, 0.15) is 19.2 Å². The molecule has 0 atom stereocenters. The number of hydrogen-bond donors (Lipinski definition) is 1. The molecule has 5 heteroatoms. The predicted molar refractivity (Wildman–Crippen MR) is 80.4 cm³/mol. The average molecular weight is 295 g/mol. The maximum atomic E-state index is 6.05. The van der Waals surface area contributed by atoms with E-state index in [9.17, 15) is 0 Å². The van der Waals surface area contributed by atoms with E-state index in [1.54, 1.807) is 13.2 Å². The van der Waals surface area contributed by atoms with Crippen LogP contribution in [0.25, 0.3) is 11.3 Å². The van der Waals surface area contributed by atoms with Gasteiger partial charge in [-0.25, -0.2) is 4.98 Å². The molecule has 19 heavy (non-hydrogen) atoms. The van der Waals surface area contributed by atoms with Crippen molar-refractivity contribution in [3.63, 3.8) is 0 Å². The van der Waals surface area contributed by atoms with Gasteiger partial charge in [0, 0.05) is 17.0 Å². The molecule has 1 N–H and O–H groups in total. The second-order valence-corrected chi connectivity index (χ2v) is 5.03. The molecule has 0 aliphatic heterocycles. The normalized spacial score (nSPS) is 10.5. The molecule has 3 nitrogen and oxygen atoms in total. The van der Waals surface area contributed by atoms with E-state index in [4.69, 9.17) is 28.6 Å². The van der Waals surface area contributed by atoms with Crippen LogP contribution in [-0.4, -0.2) is 17.1 Å². The predicted octanol–water partition coefficient (Wildman–Crippen LogP) is 4.42. The van der Waals surface area contributed by atoms with Crippen molar-refractivity contribution in [3.8, 4) is 17.0 Å². The molecule has 0 saturated carbocycles. The van der Waals surface area contributed by atoms with Crippen LogP contribution in [0, 0.1) is 4.64 Å². The summed E-state index contributed by atoms with van der Waals surface area (Å²) in [6.45, 7) is 2.10. The van der Waals surface area contributed by atoms with Crippen LogP contribution >= 0.6 is 23.8 Å². The van der Waals surface area contributed by atoms with Gasteiger partial charge in [-0.1, -0.05) is 30.7 Å². The Morgan fingerprint density at radius 3 is 2.84 bits per heavy atom. The average Bonchev–Trinajstić information content (AvgIpc) is 2.38. The van der Waals surface area contributed by atoms with E-state index < -0.39 is 0 Å². The second-order valence-electron chi connectivity index (χ2n) is 4.17. The van der Waals surface area contributed by atoms with Gasteiger partial charge in [0.1, 0.15) is 16.2 Å². The fourth-order valence-electron chi connectivity index (χ4n) is 1.90. The fraction of sp³-hybridized carbons (Fsp3) is 0.286. The van der Waals surface area contributed by atoms with Crippen molar-refractivity contribution in [2.75, 3.05) is 7.11 Å². The SMILES string of the molecule is CCCc1nc(=S)cc(-c2cc(Cl)ccc2OC)[nH]1. The van der Waals surface area contributed by atoms with Crippen LogP contribution < -0.4 is 4.74 Å². The Balaban J connectivity index is 2.57. The number of ether oxygens (including phenoxy) is 1. The lowest BCUT2D eigenvalue weighted by molar-refractivity contribution is 0.416. The minimum absolute atomic E-state index is 0.569. The molecule has 0 saturated heterocycles. The molecule has 0 aliphatic rings. The molecular formula is C14H15ClN2OS. The van der Waals surface area contributed by atoms with Gasteiger partial charge in [-0.3, -0.25) is 0 Å². The smallest absolute Gasteiger partial charge is 0.130 e. The van der Waals surface area contributed by atoms with Crippen molar-refractivity contribution >= 4 is 23.8 Å². The van der Waals surface area contributed by atoms with Gasteiger partial charge in [-0.05, 0) is 30.7 Å². The molecule has 0 spiro atoms. The fourth-order valence-corrected chi connectivity index (χ4v) is 2.30. The topological polar surface area (TPSA) is 37.9 Å². The highest BCUT2D eigenvalue weighted by Crippen LogP contribution is 2.31. The molecule has 0 radical (unpaired) electrons. The summed E-state index contributed by atoms with van der Waals surface area (Å²) in [5, 5.41) is 0.656. The molecule has 0 amide bonds. The first-order chi connectivity index (χ1) is 9.13. The lowest BCUT2D eigenvalue weighted by Crippen LogP contribution is -1.98. The summed E-state index contributed by atoms with van der Waals surface area (Å²) in [4.78, 5) is 7.60. The van der Waals surface area contributed by atoms with Crippen molar-refractivity contribution in [3.05, 3.63) is 39.8 Å². The number of rotatable bonds is 4. The Labute approximate surface area is 122 Å². The molecule has 1 aromatic heterocycles. The highest BCUT2D eigenvalue weighted by molar-refractivity contribution is 7.71. The van der Waals surface area contributed by atoms with Gasteiger partial charge >= 0.3 is 0 Å². The Hall–Kier alpha value is -1.39.